The van der Waals surface area contributed by atoms with Crippen molar-refractivity contribution < 1.29 is 14.7 Å². The van der Waals surface area contributed by atoms with Crippen LogP contribution in [0.4, 0.5) is 0 Å². The molecular formula is C25H26N2O3. The van der Waals surface area contributed by atoms with Crippen LogP contribution in [-0.2, 0) is 15.1 Å². The molecule has 0 spiro atoms. The van der Waals surface area contributed by atoms with Crippen molar-refractivity contribution in [3.8, 4) is 0 Å². The number of carboxylic acid groups (broad SMARTS) is 1. The van der Waals surface area contributed by atoms with Crippen molar-refractivity contribution in [3.05, 3.63) is 108 Å². The van der Waals surface area contributed by atoms with Crippen molar-refractivity contribution in [2.45, 2.75) is 30.8 Å². The number of carbonyl (C=O) groups is 2. The van der Waals surface area contributed by atoms with Crippen LogP contribution in [0, 0.1) is 0 Å². The number of aliphatic carboxylic acids is 1. The highest BCUT2D eigenvalue weighted by Crippen LogP contribution is 2.37. The van der Waals surface area contributed by atoms with Crippen LogP contribution in [0.3, 0.4) is 0 Å². The number of hydrogen-bond donors (Lipinski definition) is 3. The normalized spacial score (nSPS) is 12.3. The Hall–Kier alpha value is -3.44. The number of hydrogen-bond acceptors (Lipinski definition) is 3. The maximum absolute atomic E-state index is 12.2. The van der Waals surface area contributed by atoms with Gasteiger partial charge in [0.1, 0.15) is 6.04 Å². The Kier molecular flexibility index (Phi) is 6.99. The van der Waals surface area contributed by atoms with Gasteiger partial charge >= 0.3 is 5.97 Å². The molecule has 1 amide bonds. The second kappa shape index (κ2) is 9.85. The van der Waals surface area contributed by atoms with Crippen molar-refractivity contribution in [2.24, 2.45) is 5.73 Å². The van der Waals surface area contributed by atoms with Crippen molar-refractivity contribution in [3.63, 3.8) is 0 Å². The van der Waals surface area contributed by atoms with Crippen LogP contribution >= 0.6 is 0 Å². The van der Waals surface area contributed by atoms with Gasteiger partial charge in [0.15, 0.2) is 0 Å². The van der Waals surface area contributed by atoms with Gasteiger partial charge in [0, 0.05) is 6.42 Å². The zero-order valence-corrected chi connectivity index (χ0v) is 16.7. The van der Waals surface area contributed by atoms with Crippen LogP contribution < -0.4 is 11.1 Å². The molecule has 154 valence electrons. The smallest absolute Gasteiger partial charge is 0.320 e. The van der Waals surface area contributed by atoms with Gasteiger partial charge in [-0.1, -0.05) is 91.0 Å². The van der Waals surface area contributed by atoms with Gasteiger partial charge in [0.05, 0.1) is 5.54 Å². The molecule has 0 aliphatic rings. The lowest BCUT2D eigenvalue weighted by Gasteiger charge is -2.39. The van der Waals surface area contributed by atoms with Crippen molar-refractivity contribution >= 4 is 11.9 Å². The summed E-state index contributed by atoms with van der Waals surface area (Å²) in [4.78, 5) is 23.3. The first kappa shape index (κ1) is 21.3. The zero-order chi connectivity index (χ0) is 21.4. The number of nitrogens with two attached hydrogens (primary N) is 1. The van der Waals surface area contributed by atoms with Gasteiger partial charge in [0.2, 0.25) is 5.91 Å². The van der Waals surface area contributed by atoms with E-state index in [9.17, 15) is 14.7 Å². The van der Waals surface area contributed by atoms with E-state index in [4.69, 9.17) is 5.73 Å². The molecule has 0 unspecified atom stereocenters. The first-order valence-corrected chi connectivity index (χ1v) is 9.99. The maximum Gasteiger partial charge on any atom is 0.320 e. The number of carbonyl (C=O) groups excluding carboxylic acids is 1. The molecule has 0 saturated carbocycles. The molecule has 3 aromatic carbocycles. The summed E-state index contributed by atoms with van der Waals surface area (Å²) in [5, 5.41) is 13.4. The van der Waals surface area contributed by atoms with Gasteiger partial charge in [-0.25, -0.2) is 0 Å². The molecule has 0 aromatic heterocycles. The Morgan fingerprint density at radius 1 is 0.800 bits per heavy atom. The molecular weight excluding hydrogens is 376 g/mol. The van der Waals surface area contributed by atoms with E-state index >= 15 is 0 Å². The molecule has 30 heavy (non-hydrogen) atoms. The molecule has 0 saturated heterocycles. The predicted molar refractivity (Wildman–Crippen MR) is 117 cm³/mol. The molecule has 1 atom stereocenters. The third-order valence-corrected chi connectivity index (χ3v) is 5.23. The summed E-state index contributed by atoms with van der Waals surface area (Å²) >= 11 is 0. The van der Waals surface area contributed by atoms with Gasteiger partial charge in [0.25, 0.3) is 0 Å². The maximum atomic E-state index is 12.2. The number of nitrogens with one attached hydrogen (secondary N) is 1. The number of amides is 1. The lowest BCUT2D eigenvalue weighted by molar-refractivity contribution is -0.140. The van der Waals surface area contributed by atoms with Gasteiger partial charge in [-0.15, -0.1) is 0 Å². The van der Waals surface area contributed by atoms with E-state index in [0.717, 1.165) is 16.7 Å². The minimum absolute atomic E-state index is 0.153. The average Bonchev–Trinajstić information content (AvgIpc) is 2.77. The van der Waals surface area contributed by atoms with Gasteiger partial charge in [-0.2, -0.15) is 0 Å². The van der Waals surface area contributed by atoms with Crippen LogP contribution in [0.25, 0.3) is 0 Å². The predicted octanol–water partition coefficient (Wildman–Crippen LogP) is 3.68. The number of carboxylic acids is 1. The third-order valence-electron chi connectivity index (χ3n) is 5.23. The Labute approximate surface area is 176 Å². The molecule has 3 rings (SSSR count). The Morgan fingerprint density at radius 3 is 1.53 bits per heavy atom. The second-order valence-electron chi connectivity index (χ2n) is 7.24. The summed E-state index contributed by atoms with van der Waals surface area (Å²) in [7, 11) is 0. The molecule has 0 aliphatic heterocycles. The highest BCUT2D eigenvalue weighted by atomic mass is 16.4. The van der Waals surface area contributed by atoms with Crippen LogP contribution in [0.5, 0.6) is 0 Å². The first-order valence-electron chi connectivity index (χ1n) is 9.99. The third kappa shape index (κ3) is 4.75. The van der Waals surface area contributed by atoms with Crippen LogP contribution in [0.15, 0.2) is 91.0 Å². The average molecular weight is 402 g/mol. The fourth-order valence-electron chi connectivity index (χ4n) is 3.81. The summed E-state index contributed by atoms with van der Waals surface area (Å²) in [6.07, 6.45) is 0.834. The molecule has 5 heteroatoms. The van der Waals surface area contributed by atoms with E-state index in [2.05, 4.69) is 5.32 Å². The minimum atomic E-state index is -0.966. The summed E-state index contributed by atoms with van der Waals surface area (Å²) in [6, 6.07) is 28.6. The zero-order valence-electron chi connectivity index (χ0n) is 16.7. The van der Waals surface area contributed by atoms with E-state index in [1.54, 1.807) is 0 Å². The monoisotopic (exact) mass is 402 g/mol. The summed E-state index contributed by atoms with van der Waals surface area (Å²) in [5.41, 5.74) is 7.17. The van der Waals surface area contributed by atoms with Gasteiger partial charge in [-0.3, -0.25) is 14.9 Å². The second-order valence-corrected chi connectivity index (χ2v) is 7.24. The lowest BCUT2D eigenvalue weighted by Crippen LogP contribution is -2.52. The molecule has 4 N–H and O–H groups in total. The molecule has 0 heterocycles. The van der Waals surface area contributed by atoms with E-state index < -0.39 is 23.5 Å². The van der Waals surface area contributed by atoms with Crippen molar-refractivity contribution in [1.82, 2.24) is 5.32 Å². The molecule has 3 aromatic rings. The van der Waals surface area contributed by atoms with E-state index in [0.29, 0.717) is 6.42 Å². The fourth-order valence-corrected chi connectivity index (χ4v) is 3.81. The van der Waals surface area contributed by atoms with Crippen molar-refractivity contribution in [1.29, 1.82) is 0 Å². The fraction of sp³-hybridized carbons (Fsp3) is 0.200. The molecule has 0 radical (unpaired) electrons. The minimum Gasteiger partial charge on any atom is -0.480 e. The van der Waals surface area contributed by atoms with E-state index in [1.807, 2.05) is 91.0 Å². The first-order chi connectivity index (χ1) is 14.5. The molecule has 5 nitrogen and oxygen atoms in total. The van der Waals surface area contributed by atoms with Crippen molar-refractivity contribution in [2.75, 3.05) is 0 Å². The Balaban J connectivity index is 2.15. The summed E-state index contributed by atoms with van der Waals surface area (Å²) in [6.45, 7) is 0. The largest absolute Gasteiger partial charge is 0.480 e. The highest BCUT2D eigenvalue weighted by molar-refractivity contribution is 5.75. The number of benzene rings is 3. The SMILES string of the molecule is NC(=O)CCC[C@H](NC(c1ccccc1)(c1ccccc1)c1ccccc1)C(=O)O. The van der Waals surface area contributed by atoms with Gasteiger partial charge in [-0.05, 0) is 29.5 Å². The molecule has 0 fully saturated rings. The quantitative estimate of drug-likeness (QED) is 0.451. The Morgan fingerprint density at radius 2 is 1.20 bits per heavy atom. The summed E-state index contributed by atoms with van der Waals surface area (Å²) < 4.78 is 0. The van der Waals surface area contributed by atoms with E-state index in [1.165, 1.54) is 0 Å². The van der Waals surface area contributed by atoms with Crippen LogP contribution in [-0.4, -0.2) is 23.0 Å². The van der Waals surface area contributed by atoms with Crippen LogP contribution in [0.2, 0.25) is 0 Å². The lowest BCUT2D eigenvalue weighted by atomic mass is 9.76. The standard InChI is InChI=1S/C25H26N2O3/c26-23(28)18-10-17-22(24(29)30)27-25(19-11-4-1-5-12-19,20-13-6-2-7-14-20)21-15-8-3-9-16-21/h1-9,11-16,22,27H,10,17-18H2,(H2,26,28)(H,29,30)/t22-/m0/s1. The van der Waals surface area contributed by atoms with Gasteiger partial charge < -0.3 is 10.8 Å². The Bertz CT molecular complexity index is 863. The van der Waals surface area contributed by atoms with E-state index in [-0.39, 0.29) is 12.8 Å². The molecule has 0 aliphatic carbocycles. The number of rotatable bonds is 10. The topological polar surface area (TPSA) is 92.4 Å². The highest BCUT2D eigenvalue weighted by Gasteiger charge is 2.39. The van der Waals surface area contributed by atoms with Crippen LogP contribution in [0.1, 0.15) is 36.0 Å². The number of primary amides is 1. The molecule has 0 bridgehead atoms. The summed E-state index contributed by atoms with van der Waals surface area (Å²) in [5.74, 6) is -1.40.